The van der Waals surface area contributed by atoms with E-state index in [0.717, 1.165) is 5.56 Å². The Hall–Kier alpha value is 0.190. The summed E-state index contributed by atoms with van der Waals surface area (Å²) in [4.78, 5) is 0. The Morgan fingerprint density at radius 3 is 2.41 bits per heavy atom. The Morgan fingerprint density at radius 1 is 1.41 bits per heavy atom. The largest absolute Gasteiger partial charge is 0.307 e. The Kier molecular flexibility index (Phi) is 5.28. The first-order valence-corrected chi connectivity index (χ1v) is 8.71. The number of hydrogen-bond acceptors (Lipinski definition) is 4. The average Bonchev–Trinajstić information content (AvgIpc) is 2.41. The lowest BCUT2D eigenvalue weighted by Crippen LogP contribution is -2.34. The van der Waals surface area contributed by atoms with Gasteiger partial charge in [-0.3, -0.25) is 0 Å². The van der Waals surface area contributed by atoms with Gasteiger partial charge in [0.15, 0.2) is 0 Å². The van der Waals surface area contributed by atoms with Gasteiger partial charge in [-0.2, -0.15) is 0 Å². The van der Waals surface area contributed by atoms with Crippen LogP contribution in [0.25, 0.3) is 0 Å². The molecule has 2 atom stereocenters. The van der Waals surface area contributed by atoms with Crippen molar-refractivity contribution < 1.29 is 8.42 Å². The second kappa shape index (κ2) is 5.89. The Bertz CT molecular complexity index is 484. The van der Waals surface area contributed by atoms with E-state index in [4.69, 9.17) is 23.2 Å². The molecule has 0 saturated carbocycles. The summed E-state index contributed by atoms with van der Waals surface area (Å²) in [5.41, 5.74) is 0.905. The first-order chi connectivity index (χ1) is 7.69. The fourth-order valence-corrected chi connectivity index (χ4v) is 4.32. The molecule has 2 unspecified atom stereocenters. The Balaban J connectivity index is 2.66. The van der Waals surface area contributed by atoms with Crippen molar-refractivity contribution in [3.8, 4) is 0 Å². The zero-order valence-electron chi connectivity index (χ0n) is 9.83. The lowest BCUT2D eigenvalue weighted by atomic mass is 10.1. The molecule has 1 aromatic rings. The molecule has 0 bridgehead atoms. The first kappa shape index (κ1) is 15.2. The second-order valence-corrected chi connectivity index (χ2v) is 8.63. The fraction of sp³-hybridized carbons (Fsp3) is 0.600. The van der Waals surface area contributed by atoms with Gasteiger partial charge in [-0.25, -0.2) is 8.42 Å². The molecule has 0 aliphatic carbocycles. The summed E-state index contributed by atoms with van der Waals surface area (Å²) in [5, 5.41) is 3.19. The van der Waals surface area contributed by atoms with Crippen molar-refractivity contribution in [2.24, 2.45) is 0 Å². The van der Waals surface area contributed by atoms with Crippen LogP contribution in [0.2, 0.25) is 8.67 Å². The molecule has 0 radical (unpaired) electrons. The number of thiophene rings is 1. The van der Waals surface area contributed by atoms with Gasteiger partial charge < -0.3 is 5.32 Å². The monoisotopic (exact) mass is 315 g/mol. The van der Waals surface area contributed by atoms with E-state index in [1.165, 1.54) is 17.6 Å². The minimum Gasteiger partial charge on any atom is -0.307 e. The average molecular weight is 316 g/mol. The van der Waals surface area contributed by atoms with E-state index in [1.807, 2.05) is 13.8 Å². The van der Waals surface area contributed by atoms with Crippen LogP contribution in [0.3, 0.4) is 0 Å². The number of sulfone groups is 1. The van der Waals surface area contributed by atoms with Gasteiger partial charge in [0, 0.05) is 18.3 Å². The van der Waals surface area contributed by atoms with Crippen LogP contribution in [0.4, 0.5) is 0 Å². The van der Waals surface area contributed by atoms with Gasteiger partial charge in [-0.1, -0.05) is 23.2 Å². The first-order valence-electron chi connectivity index (χ1n) is 5.07. The third-order valence-corrected chi connectivity index (χ3v) is 4.86. The van der Waals surface area contributed by atoms with E-state index in [0.29, 0.717) is 8.67 Å². The molecule has 98 valence electrons. The number of halogens is 2. The molecule has 1 rings (SSSR count). The lowest BCUT2D eigenvalue weighted by Gasteiger charge is -2.19. The van der Waals surface area contributed by atoms with Gasteiger partial charge in [-0.05, 0) is 25.5 Å². The molecule has 0 aliphatic heterocycles. The molecule has 1 N–H and O–H groups in total. The highest BCUT2D eigenvalue weighted by Crippen LogP contribution is 2.34. The molecule has 1 aromatic heterocycles. The maximum absolute atomic E-state index is 11.1. The van der Waals surface area contributed by atoms with E-state index >= 15 is 0 Å². The lowest BCUT2D eigenvalue weighted by molar-refractivity contribution is 0.501. The highest BCUT2D eigenvalue weighted by Gasteiger charge is 2.17. The zero-order chi connectivity index (χ0) is 13.2. The van der Waals surface area contributed by atoms with Crippen molar-refractivity contribution >= 4 is 44.4 Å². The normalized spacial score (nSPS) is 15.8. The third-order valence-electron chi connectivity index (χ3n) is 2.24. The van der Waals surface area contributed by atoms with Gasteiger partial charge in [0.05, 0.1) is 14.4 Å². The summed E-state index contributed by atoms with van der Waals surface area (Å²) in [6.45, 7) is 3.77. The minimum absolute atomic E-state index is 0.0250. The van der Waals surface area contributed by atoms with Crippen LogP contribution in [0.15, 0.2) is 6.07 Å². The Labute approximate surface area is 116 Å². The van der Waals surface area contributed by atoms with E-state index in [9.17, 15) is 8.42 Å². The van der Waals surface area contributed by atoms with Crippen molar-refractivity contribution in [2.45, 2.75) is 25.9 Å². The summed E-state index contributed by atoms with van der Waals surface area (Å²) in [5.74, 6) is 0.104. The molecule has 7 heteroatoms. The molecule has 0 spiro atoms. The topological polar surface area (TPSA) is 46.2 Å². The Morgan fingerprint density at radius 2 is 2.00 bits per heavy atom. The molecular weight excluding hydrogens is 301 g/mol. The summed E-state index contributed by atoms with van der Waals surface area (Å²) in [6, 6.07) is 1.65. The van der Waals surface area contributed by atoms with E-state index < -0.39 is 9.84 Å². The zero-order valence-corrected chi connectivity index (χ0v) is 13.0. The van der Waals surface area contributed by atoms with Crippen molar-refractivity contribution in [2.75, 3.05) is 12.0 Å². The van der Waals surface area contributed by atoms with Gasteiger partial charge in [0.25, 0.3) is 0 Å². The van der Waals surface area contributed by atoms with Crippen LogP contribution in [-0.2, 0) is 9.84 Å². The molecular formula is C10H15Cl2NO2S2. The highest BCUT2D eigenvalue weighted by molar-refractivity contribution is 7.90. The van der Waals surface area contributed by atoms with Crippen LogP contribution in [0, 0.1) is 0 Å². The third kappa shape index (κ3) is 5.14. The predicted octanol–water partition coefficient (Wildman–Crippen LogP) is 3.14. The quantitative estimate of drug-likeness (QED) is 0.908. The van der Waals surface area contributed by atoms with Crippen molar-refractivity contribution in [3.05, 3.63) is 20.3 Å². The van der Waals surface area contributed by atoms with Crippen LogP contribution < -0.4 is 5.32 Å². The fourth-order valence-electron chi connectivity index (χ4n) is 1.67. The highest BCUT2D eigenvalue weighted by atomic mass is 35.5. The summed E-state index contributed by atoms with van der Waals surface area (Å²) in [7, 11) is -2.98. The van der Waals surface area contributed by atoms with Gasteiger partial charge in [-0.15, -0.1) is 11.3 Å². The second-order valence-electron chi connectivity index (χ2n) is 4.16. The number of hydrogen-bond donors (Lipinski definition) is 1. The SMILES string of the molecule is CC(CS(C)(=O)=O)NC(C)c1cc(Cl)sc1Cl. The van der Waals surface area contributed by atoms with Crippen LogP contribution in [0.1, 0.15) is 25.5 Å². The van der Waals surface area contributed by atoms with E-state index in [2.05, 4.69) is 5.32 Å². The van der Waals surface area contributed by atoms with Gasteiger partial charge >= 0.3 is 0 Å². The number of rotatable bonds is 5. The summed E-state index contributed by atoms with van der Waals surface area (Å²) < 4.78 is 23.6. The standard InChI is InChI=1S/C10H15Cl2NO2S2/c1-6(5-17(3,14)15)13-7(2)8-4-9(11)16-10(8)12/h4,6-7,13H,5H2,1-3H3. The summed E-state index contributed by atoms with van der Waals surface area (Å²) >= 11 is 13.2. The molecule has 3 nitrogen and oxygen atoms in total. The van der Waals surface area contributed by atoms with Crippen molar-refractivity contribution in [1.82, 2.24) is 5.32 Å². The molecule has 0 fully saturated rings. The molecule has 0 aromatic carbocycles. The molecule has 0 amide bonds. The van der Waals surface area contributed by atoms with Crippen molar-refractivity contribution in [3.63, 3.8) is 0 Å². The van der Waals surface area contributed by atoms with Crippen LogP contribution >= 0.6 is 34.5 Å². The minimum atomic E-state index is -2.98. The predicted molar refractivity (Wildman–Crippen MR) is 75.1 cm³/mol. The smallest absolute Gasteiger partial charge is 0.148 e. The molecule has 0 aliphatic rings. The van der Waals surface area contributed by atoms with E-state index in [-0.39, 0.29) is 17.8 Å². The van der Waals surface area contributed by atoms with Crippen molar-refractivity contribution in [1.29, 1.82) is 0 Å². The van der Waals surface area contributed by atoms with E-state index in [1.54, 1.807) is 6.07 Å². The van der Waals surface area contributed by atoms with Crippen LogP contribution in [0.5, 0.6) is 0 Å². The summed E-state index contributed by atoms with van der Waals surface area (Å²) in [6.07, 6.45) is 1.23. The van der Waals surface area contributed by atoms with Gasteiger partial charge in [0.2, 0.25) is 0 Å². The van der Waals surface area contributed by atoms with Gasteiger partial charge in [0.1, 0.15) is 9.84 Å². The maximum atomic E-state index is 11.1. The maximum Gasteiger partial charge on any atom is 0.148 e. The molecule has 0 saturated heterocycles. The number of nitrogens with one attached hydrogen (secondary N) is 1. The van der Waals surface area contributed by atoms with Crippen LogP contribution in [-0.4, -0.2) is 26.5 Å². The molecule has 17 heavy (non-hydrogen) atoms. The molecule has 1 heterocycles.